The number of piperidine rings is 1. The molecule has 7 heteroatoms. The number of rotatable bonds is 5. The second-order valence-electron chi connectivity index (χ2n) is 7.63. The molecule has 2 heterocycles. The topological polar surface area (TPSA) is 87.2 Å². The molecule has 2 amide bonds. The first kappa shape index (κ1) is 19.2. The van der Waals surface area contributed by atoms with Crippen molar-refractivity contribution in [2.75, 3.05) is 32.8 Å². The van der Waals surface area contributed by atoms with Gasteiger partial charge in [0.05, 0.1) is 5.41 Å². The van der Waals surface area contributed by atoms with Crippen molar-refractivity contribution in [3.05, 3.63) is 30.3 Å². The Hall–Kier alpha value is -2.57. The first-order valence-corrected chi connectivity index (χ1v) is 9.37. The van der Waals surface area contributed by atoms with E-state index in [1.807, 2.05) is 18.2 Å². The number of hydrogen-bond donors (Lipinski definition) is 1. The van der Waals surface area contributed by atoms with Gasteiger partial charge in [0.1, 0.15) is 5.75 Å². The third kappa shape index (κ3) is 4.40. The van der Waals surface area contributed by atoms with E-state index in [0.717, 1.165) is 0 Å². The molecule has 1 unspecified atom stereocenters. The van der Waals surface area contributed by atoms with E-state index in [-0.39, 0.29) is 30.9 Å². The Kier molecular flexibility index (Phi) is 5.68. The Labute approximate surface area is 158 Å². The Morgan fingerprint density at radius 1 is 1.11 bits per heavy atom. The largest absolute Gasteiger partial charge is 0.484 e. The van der Waals surface area contributed by atoms with Crippen molar-refractivity contribution >= 4 is 17.8 Å². The molecule has 0 radical (unpaired) electrons. The molecule has 0 aromatic heterocycles. The lowest BCUT2D eigenvalue weighted by molar-refractivity contribution is -0.148. The van der Waals surface area contributed by atoms with Crippen molar-refractivity contribution in [1.82, 2.24) is 9.80 Å². The number of carbonyl (C=O) groups is 3. The number of para-hydroxylation sites is 1. The van der Waals surface area contributed by atoms with Gasteiger partial charge in [-0.05, 0) is 38.3 Å². The van der Waals surface area contributed by atoms with Gasteiger partial charge in [-0.3, -0.25) is 14.4 Å². The van der Waals surface area contributed by atoms with Crippen LogP contribution in [-0.2, 0) is 14.4 Å². The van der Waals surface area contributed by atoms with E-state index >= 15 is 0 Å². The van der Waals surface area contributed by atoms with Gasteiger partial charge in [-0.1, -0.05) is 18.2 Å². The summed E-state index contributed by atoms with van der Waals surface area (Å²) >= 11 is 0. The standard InChI is InChI=1S/C20H26N2O5/c1-20(19(25)26)9-12-22(14-20)18(24)15-7-10-21(11-8-15)17(23)13-27-16-5-3-2-4-6-16/h2-6,15H,7-14H2,1H3,(H,25,26). The molecule has 2 saturated heterocycles. The van der Waals surface area contributed by atoms with Crippen LogP contribution in [0.4, 0.5) is 0 Å². The highest BCUT2D eigenvalue weighted by Crippen LogP contribution is 2.32. The molecule has 1 aromatic rings. The maximum atomic E-state index is 12.7. The molecule has 3 rings (SSSR count). The Balaban J connectivity index is 1.45. The van der Waals surface area contributed by atoms with Crippen LogP contribution in [0.25, 0.3) is 0 Å². The van der Waals surface area contributed by atoms with E-state index < -0.39 is 11.4 Å². The number of carboxylic acids is 1. The van der Waals surface area contributed by atoms with Gasteiger partial charge in [0.15, 0.2) is 6.61 Å². The van der Waals surface area contributed by atoms with Gasteiger partial charge >= 0.3 is 5.97 Å². The zero-order valence-electron chi connectivity index (χ0n) is 15.6. The smallest absolute Gasteiger partial charge is 0.311 e. The average Bonchev–Trinajstić information content (AvgIpc) is 3.10. The van der Waals surface area contributed by atoms with Gasteiger partial charge in [-0.2, -0.15) is 0 Å². The lowest BCUT2D eigenvalue weighted by Gasteiger charge is -2.33. The minimum absolute atomic E-state index is 0.00822. The monoisotopic (exact) mass is 374 g/mol. The molecule has 2 aliphatic rings. The quantitative estimate of drug-likeness (QED) is 0.846. The number of likely N-dealkylation sites (tertiary alicyclic amines) is 2. The normalized spacial score (nSPS) is 23.3. The summed E-state index contributed by atoms with van der Waals surface area (Å²) < 4.78 is 5.50. The summed E-state index contributed by atoms with van der Waals surface area (Å²) in [6, 6.07) is 9.20. The van der Waals surface area contributed by atoms with E-state index in [2.05, 4.69) is 0 Å². The summed E-state index contributed by atoms with van der Waals surface area (Å²) in [4.78, 5) is 39.8. The number of ether oxygens (including phenoxy) is 1. The second-order valence-corrected chi connectivity index (χ2v) is 7.63. The lowest BCUT2D eigenvalue weighted by Crippen LogP contribution is -2.45. The van der Waals surface area contributed by atoms with Crippen molar-refractivity contribution in [2.24, 2.45) is 11.3 Å². The molecular formula is C20H26N2O5. The number of benzene rings is 1. The molecule has 2 fully saturated rings. The third-order valence-corrected chi connectivity index (χ3v) is 5.60. The van der Waals surface area contributed by atoms with Crippen molar-refractivity contribution in [3.63, 3.8) is 0 Å². The van der Waals surface area contributed by atoms with E-state index in [0.29, 0.717) is 44.6 Å². The Morgan fingerprint density at radius 2 is 1.78 bits per heavy atom. The predicted molar refractivity (Wildman–Crippen MR) is 98.2 cm³/mol. The zero-order valence-corrected chi connectivity index (χ0v) is 15.6. The number of aliphatic carboxylic acids is 1. The molecule has 27 heavy (non-hydrogen) atoms. The van der Waals surface area contributed by atoms with E-state index in [1.54, 1.807) is 28.9 Å². The zero-order chi connectivity index (χ0) is 19.4. The van der Waals surface area contributed by atoms with Crippen LogP contribution in [0.1, 0.15) is 26.2 Å². The number of carboxylic acid groups (broad SMARTS) is 1. The van der Waals surface area contributed by atoms with Crippen LogP contribution in [0.5, 0.6) is 5.75 Å². The molecule has 2 aliphatic heterocycles. The van der Waals surface area contributed by atoms with Crippen LogP contribution >= 0.6 is 0 Å². The number of hydrogen-bond acceptors (Lipinski definition) is 4. The van der Waals surface area contributed by atoms with Crippen molar-refractivity contribution in [3.8, 4) is 5.75 Å². The molecule has 1 N–H and O–H groups in total. The SMILES string of the molecule is CC1(C(=O)O)CCN(C(=O)C2CCN(C(=O)COc3ccccc3)CC2)C1. The fourth-order valence-corrected chi connectivity index (χ4v) is 3.71. The van der Waals surface area contributed by atoms with Crippen LogP contribution < -0.4 is 4.74 Å². The van der Waals surface area contributed by atoms with Crippen LogP contribution in [0.15, 0.2) is 30.3 Å². The summed E-state index contributed by atoms with van der Waals surface area (Å²) in [5.74, 6) is -0.389. The molecule has 0 aliphatic carbocycles. The van der Waals surface area contributed by atoms with Crippen molar-refractivity contribution < 1.29 is 24.2 Å². The van der Waals surface area contributed by atoms with Gasteiger partial charge in [0.25, 0.3) is 5.91 Å². The van der Waals surface area contributed by atoms with Gasteiger partial charge in [-0.25, -0.2) is 0 Å². The van der Waals surface area contributed by atoms with E-state index in [9.17, 15) is 19.5 Å². The highest BCUT2D eigenvalue weighted by atomic mass is 16.5. The predicted octanol–water partition coefficient (Wildman–Crippen LogP) is 1.63. The van der Waals surface area contributed by atoms with Crippen LogP contribution in [0.3, 0.4) is 0 Å². The highest BCUT2D eigenvalue weighted by Gasteiger charge is 2.43. The van der Waals surface area contributed by atoms with Gasteiger partial charge in [-0.15, -0.1) is 0 Å². The minimum atomic E-state index is -0.850. The maximum absolute atomic E-state index is 12.7. The molecule has 0 bridgehead atoms. The maximum Gasteiger partial charge on any atom is 0.311 e. The molecule has 1 atom stereocenters. The summed E-state index contributed by atoms with van der Waals surface area (Å²) in [6.45, 7) is 3.49. The van der Waals surface area contributed by atoms with Crippen LogP contribution in [0.2, 0.25) is 0 Å². The number of nitrogens with zero attached hydrogens (tertiary/aromatic N) is 2. The first-order chi connectivity index (χ1) is 12.9. The number of carbonyl (C=O) groups excluding carboxylic acids is 2. The summed E-state index contributed by atoms with van der Waals surface area (Å²) in [6.07, 6.45) is 1.70. The first-order valence-electron chi connectivity index (χ1n) is 9.37. The van der Waals surface area contributed by atoms with Crippen molar-refractivity contribution in [1.29, 1.82) is 0 Å². The summed E-state index contributed by atoms with van der Waals surface area (Å²) in [7, 11) is 0. The highest BCUT2D eigenvalue weighted by molar-refractivity contribution is 5.83. The van der Waals surface area contributed by atoms with E-state index in [4.69, 9.17) is 4.74 Å². The molecule has 7 nitrogen and oxygen atoms in total. The third-order valence-electron chi connectivity index (χ3n) is 5.60. The lowest BCUT2D eigenvalue weighted by atomic mass is 9.90. The Morgan fingerprint density at radius 3 is 2.37 bits per heavy atom. The summed E-state index contributed by atoms with van der Waals surface area (Å²) in [5.41, 5.74) is -0.846. The minimum Gasteiger partial charge on any atom is -0.484 e. The van der Waals surface area contributed by atoms with Gasteiger partial charge < -0.3 is 19.6 Å². The molecular weight excluding hydrogens is 348 g/mol. The number of amides is 2. The molecule has 146 valence electrons. The molecule has 0 spiro atoms. The van der Waals surface area contributed by atoms with Crippen molar-refractivity contribution in [2.45, 2.75) is 26.2 Å². The Bertz CT molecular complexity index is 700. The van der Waals surface area contributed by atoms with Gasteiger partial charge in [0.2, 0.25) is 5.91 Å². The summed E-state index contributed by atoms with van der Waals surface area (Å²) in [5, 5.41) is 9.32. The molecule has 1 aromatic carbocycles. The van der Waals surface area contributed by atoms with Crippen LogP contribution in [0, 0.1) is 11.3 Å². The molecule has 0 saturated carbocycles. The second kappa shape index (κ2) is 7.98. The fraction of sp³-hybridized carbons (Fsp3) is 0.550. The average molecular weight is 374 g/mol. The van der Waals surface area contributed by atoms with Gasteiger partial charge in [0, 0.05) is 32.1 Å². The van der Waals surface area contributed by atoms with E-state index in [1.165, 1.54) is 0 Å². The van der Waals surface area contributed by atoms with Crippen LogP contribution in [-0.4, -0.2) is 65.5 Å². The fourth-order valence-electron chi connectivity index (χ4n) is 3.71.